The number of fused-ring (bicyclic) bond motifs is 1. The van der Waals surface area contributed by atoms with Gasteiger partial charge in [-0.25, -0.2) is 0 Å². The van der Waals surface area contributed by atoms with Gasteiger partial charge in [0.25, 0.3) is 5.91 Å². The zero-order valence-electron chi connectivity index (χ0n) is 26.9. The van der Waals surface area contributed by atoms with Crippen LogP contribution in [-0.4, -0.2) is 77.8 Å². The summed E-state index contributed by atoms with van der Waals surface area (Å²) in [6.45, 7) is 14.7. The number of carbonyl (C=O) groups is 3. The number of unbranched alkanes of at least 4 members (excludes halogenated alkanes) is 1. The summed E-state index contributed by atoms with van der Waals surface area (Å²) in [5.41, 5.74) is -1.08. The van der Waals surface area contributed by atoms with Crippen molar-refractivity contribution in [2.24, 2.45) is 17.8 Å². The van der Waals surface area contributed by atoms with Crippen LogP contribution < -0.4 is 14.5 Å². The standard InChI is InChI=1S/C36H44ClN3O6/c1-6-19-38(25-15-17-26(18-16-25)45-8-3)32(42)29-30-33(43)40(21-11-12-22-41)31(36(30)23-24(4)35(29,5)46-36)34(44)39(20-7-2)28-14-10-9-13-27(28)37/h6-7,9-10,13-18,24,29-31,41H,1-2,8,11-12,19-23H2,3-5H3/t24?,29-,30+,31?,35+,36?/m1/s1. The second-order valence-electron chi connectivity index (χ2n) is 12.5. The predicted molar refractivity (Wildman–Crippen MR) is 179 cm³/mol. The van der Waals surface area contributed by atoms with Gasteiger partial charge in [-0.15, -0.1) is 13.2 Å². The summed E-state index contributed by atoms with van der Waals surface area (Å²) in [5, 5.41) is 9.93. The number of amides is 3. The van der Waals surface area contributed by atoms with Gasteiger partial charge in [0.2, 0.25) is 11.8 Å². The number of ether oxygens (including phenoxy) is 2. The van der Waals surface area contributed by atoms with E-state index in [1.54, 1.807) is 51.1 Å². The van der Waals surface area contributed by atoms with E-state index in [1.165, 1.54) is 0 Å². The molecule has 3 fully saturated rings. The van der Waals surface area contributed by atoms with Gasteiger partial charge in [0.15, 0.2) is 0 Å². The quantitative estimate of drug-likeness (QED) is 0.221. The molecule has 2 aromatic carbocycles. The molecule has 2 aromatic rings. The van der Waals surface area contributed by atoms with Crippen LogP contribution >= 0.6 is 11.6 Å². The fourth-order valence-corrected chi connectivity index (χ4v) is 8.03. The fourth-order valence-electron chi connectivity index (χ4n) is 7.79. The SMILES string of the molecule is C=CCN(C(=O)[C@H]1[C@H]2C(=O)N(CCCCO)C(C(=O)N(CC=C)c3ccccc3Cl)C23CC(C)[C@]1(C)O3)c1ccc(OCC)cc1. The normalized spacial score (nSPS) is 27.8. The number of nitrogens with zero attached hydrogens (tertiary/aromatic N) is 3. The second-order valence-corrected chi connectivity index (χ2v) is 12.9. The molecule has 9 nitrogen and oxygen atoms in total. The number of aliphatic hydroxyl groups excluding tert-OH is 1. The number of benzene rings is 2. The van der Waals surface area contributed by atoms with Gasteiger partial charge >= 0.3 is 0 Å². The van der Waals surface area contributed by atoms with Crippen molar-refractivity contribution in [1.29, 1.82) is 0 Å². The van der Waals surface area contributed by atoms with Crippen LogP contribution in [0.3, 0.4) is 0 Å². The molecule has 3 amide bonds. The molecule has 0 aliphatic carbocycles. The monoisotopic (exact) mass is 649 g/mol. The highest BCUT2D eigenvalue weighted by atomic mass is 35.5. The van der Waals surface area contributed by atoms with Crippen molar-refractivity contribution in [1.82, 2.24) is 4.90 Å². The van der Waals surface area contributed by atoms with E-state index in [1.807, 2.05) is 45.0 Å². The third-order valence-corrected chi connectivity index (χ3v) is 10.2. The first-order valence-electron chi connectivity index (χ1n) is 16.0. The highest BCUT2D eigenvalue weighted by Gasteiger charge is 2.80. The number of anilines is 2. The van der Waals surface area contributed by atoms with Crippen molar-refractivity contribution in [2.45, 2.75) is 57.3 Å². The minimum absolute atomic E-state index is 0.0389. The minimum atomic E-state index is -1.23. The fraction of sp³-hybridized carbons (Fsp3) is 0.472. The van der Waals surface area contributed by atoms with Crippen molar-refractivity contribution in [3.8, 4) is 5.75 Å². The van der Waals surface area contributed by atoms with Gasteiger partial charge in [-0.1, -0.05) is 42.8 Å². The van der Waals surface area contributed by atoms with Gasteiger partial charge in [0, 0.05) is 31.9 Å². The van der Waals surface area contributed by atoms with Gasteiger partial charge in [0.05, 0.1) is 34.8 Å². The van der Waals surface area contributed by atoms with Gasteiger partial charge in [-0.3, -0.25) is 14.4 Å². The molecular weight excluding hydrogens is 606 g/mol. The van der Waals surface area contributed by atoms with Crippen molar-refractivity contribution in [2.75, 3.05) is 42.6 Å². The number of likely N-dealkylation sites (tertiary alicyclic amines) is 1. The number of hydrogen-bond acceptors (Lipinski definition) is 6. The summed E-state index contributed by atoms with van der Waals surface area (Å²) in [4.78, 5) is 49.0. The number of hydrogen-bond donors (Lipinski definition) is 1. The average Bonchev–Trinajstić information content (AvgIpc) is 3.55. The maximum atomic E-state index is 14.8. The van der Waals surface area contributed by atoms with Gasteiger partial charge in [0.1, 0.15) is 17.4 Å². The van der Waals surface area contributed by atoms with Crippen LogP contribution in [0.1, 0.15) is 40.0 Å². The van der Waals surface area contributed by atoms with Crippen molar-refractivity contribution >= 4 is 40.7 Å². The summed E-state index contributed by atoms with van der Waals surface area (Å²) in [5.74, 6) is -2.04. The van der Waals surface area contributed by atoms with Crippen LogP contribution in [0.4, 0.5) is 11.4 Å². The van der Waals surface area contributed by atoms with E-state index in [0.29, 0.717) is 48.0 Å². The second kappa shape index (κ2) is 13.6. The topological polar surface area (TPSA) is 99.6 Å². The largest absolute Gasteiger partial charge is 0.494 e. The van der Waals surface area contributed by atoms with Gasteiger partial charge in [-0.2, -0.15) is 0 Å². The summed E-state index contributed by atoms with van der Waals surface area (Å²) in [6, 6.07) is 13.3. The Kier molecular flexibility index (Phi) is 9.96. The van der Waals surface area contributed by atoms with Gasteiger partial charge in [-0.05, 0) is 75.4 Å². The predicted octanol–water partition coefficient (Wildman–Crippen LogP) is 5.26. The third kappa shape index (κ3) is 5.52. The number of para-hydroxylation sites is 1. The molecule has 3 aliphatic heterocycles. The molecule has 3 unspecified atom stereocenters. The third-order valence-electron chi connectivity index (χ3n) is 9.88. The number of halogens is 1. The summed E-state index contributed by atoms with van der Waals surface area (Å²) >= 11 is 6.59. The molecule has 246 valence electrons. The molecule has 0 saturated carbocycles. The molecule has 3 saturated heterocycles. The lowest BCUT2D eigenvalue weighted by atomic mass is 9.62. The van der Waals surface area contributed by atoms with E-state index in [0.717, 1.165) is 0 Å². The van der Waals surface area contributed by atoms with Crippen molar-refractivity contribution < 1.29 is 29.0 Å². The molecule has 2 bridgehead atoms. The molecule has 3 heterocycles. The maximum Gasteiger partial charge on any atom is 0.253 e. The molecule has 6 atom stereocenters. The molecule has 10 heteroatoms. The van der Waals surface area contributed by atoms with E-state index in [2.05, 4.69) is 13.2 Å². The van der Waals surface area contributed by atoms with Gasteiger partial charge < -0.3 is 29.3 Å². The van der Waals surface area contributed by atoms with Crippen LogP contribution in [0.15, 0.2) is 73.8 Å². The van der Waals surface area contributed by atoms with E-state index in [-0.39, 0.29) is 49.9 Å². The van der Waals surface area contributed by atoms with E-state index < -0.39 is 29.1 Å². The van der Waals surface area contributed by atoms with E-state index in [9.17, 15) is 19.5 Å². The first-order valence-corrected chi connectivity index (χ1v) is 16.4. The molecule has 5 rings (SSSR count). The molecule has 0 aromatic heterocycles. The number of rotatable bonds is 14. The molecule has 1 N–H and O–H groups in total. The van der Waals surface area contributed by atoms with Crippen LogP contribution in [0.2, 0.25) is 5.02 Å². The van der Waals surface area contributed by atoms with Crippen LogP contribution in [0, 0.1) is 17.8 Å². The lowest BCUT2D eigenvalue weighted by Crippen LogP contribution is -2.57. The summed E-state index contributed by atoms with van der Waals surface area (Å²) in [7, 11) is 0. The van der Waals surface area contributed by atoms with Crippen LogP contribution in [-0.2, 0) is 19.1 Å². The molecule has 46 heavy (non-hydrogen) atoms. The summed E-state index contributed by atoms with van der Waals surface area (Å²) in [6.07, 6.45) is 4.67. The smallest absolute Gasteiger partial charge is 0.253 e. The molecule has 0 radical (unpaired) electrons. The van der Waals surface area contributed by atoms with Crippen LogP contribution in [0.5, 0.6) is 5.75 Å². The maximum absolute atomic E-state index is 14.8. The Balaban J connectivity index is 1.60. The van der Waals surface area contributed by atoms with E-state index in [4.69, 9.17) is 21.1 Å². The average molecular weight is 650 g/mol. The molecular formula is C36H44ClN3O6. The highest BCUT2D eigenvalue weighted by molar-refractivity contribution is 6.34. The lowest BCUT2D eigenvalue weighted by molar-refractivity contribution is -0.145. The summed E-state index contributed by atoms with van der Waals surface area (Å²) < 4.78 is 12.6. The van der Waals surface area contributed by atoms with Crippen molar-refractivity contribution in [3.63, 3.8) is 0 Å². The Labute approximate surface area is 276 Å². The first kappa shape index (κ1) is 33.7. The zero-order chi connectivity index (χ0) is 33.2. The zero-order valence-corrected chi connectivity index (χ0v) is 27.6. The Morgan fingerprint density at radius 1 is 1.09 bits per heavy atom. The lowest BCUT2D eigenvalue weighted by Gasteiger charge is -2.39. The Morgan fingerprint density at radius 2 is 1.76 bits per heavy atom. The highest BCUT2D eigenvalue weighted by Crippen LogP contribution is 2.65. The number of aliphatic hydroxyl groups is 1. The Hall–Kier alpha value is -3.66. The molecule has 3 aliphatic rings. The first-order chi connectivity index (χ1) is 22.1. The van der Waals surface area contributed by atoms with E-state index >= 15 is 0 Å². The Morgan fingerprint density at radius 3 is 2.39 bits per heavy atom. The Bertz CT molecular complexity index is 1480. The minimum Gasteiger partial charge on any atom is -0.494 e. The van der Waals surface area contributed by atoms with Crippen LogP contribution in [0.25, 0.3) is 0 Å². The molecule has 1 spiro atoms. The number of carbonyl (C=O) groups excluding carboxylic acids is 3. The van der Waals surface area contributed by atoms with Crippen molar-refractivity contribution in [3.05, 3.63) is 78.9 Å².